The molecular weight excluding hydrogens is 314 g/mol. The summed E-state index contributed by atoms with van der Waals surface area (Å²) in [6.45, 7) is 2.23. The van der Waals surface area contributed by atoms with Gasteiger partial charge in [0.1, 0.15) is 0 Å². The Labute approximate surface area is 143 Å². The average molecular weight is 346 g/mol. The summed E-state index contributed by atoms with van der Waals surface area (Å²) in [5.41, 5.74) is 0. The summed E-state index contributed by atoms with van der Waals surface area (Å²) < 4.78 is 0. The molecular formula is C18H32O2Zn. The first kappa shape index (κ1) is 22.8. The normalized spacial score (nSPS) is 11.1. The molecule has 0 aromatic carbocycles. The van der Waals surface area contributed by atoms with Crippen LogP contribution in [-0.4, -0.2) is 11.1 Å². The van der Waals surface area contributed by atoms with Gasteiger partial charge in [0.25, 0.3) is 0 Å². The summed E-state index contributed by atoms with van der Waals surface area (Å²) in [5, 5.41) is 8.50. The average Bonchev–Trinajstić information content (AvgIpc) is 2.43. The van der Waals surface area contributed by atoms with Gasteiger partial charge in [-0.25, -0.2) is 0 Å². The van der Waals surface area contributed by atoms with Gasteiger partial charge in [-0.15, -0.1) is 0 Å². The summed E-state index contributed by atoms with van der Waals surface area (Å²) in [4.78, 5) is 10.3. The summed E-state index contributed by atoms with van der Waals surface area (Å²) >= 11 is 0. The van der Waals surface area contributed by atoms with Crippen molar-refractivity contribution in [2.75, 3.05) is 0 Å². The number of aliphatic carboxylic acids is 1. The third-order valence-corrected chi connectivity index (χ3v) is 3.34. The van der Waals surface area contributed by atoms with Crippen LogP contribution in [0.25, 0.3) is 0 Å². The minimum atomic E-state index is -0.671. The van der Waals surface area contributed by atoms with Crippen molar-refractivity contribution in [3.63, 3.8) is 0 Å². The number of carboxylic acids is 1. The summed E-state index contributed by atoms with van der Waals surface area (Å²) in [5.74, 6) is -0.671. The maximum Gasteiger partial charge on any atom is 0.303 e. The van der Waals surface area contributed by atoms with E-state index in [1.165, 1.54) is 44.9 Å². The predicted octanol–water partition coefficient (Wildman–Crippen LogP) is 5.88. The minimum absolute atomic E-state index is 0. The van der Waals surface area contributed by atoms with E-state index in [0.29, 0.717) is 6.42 Å². The number of carbonyl (C=O) groups is 1. The zero-order valence-corrected chi connectivity index (χ0v) is 16.8. The first-order valence-corrected chi connectivity index (χ1v) is 8.29. The predicted molar refractivity (Wildman–Crippen MR) is 87.0 cm³/mol. The topological polar surface area (TPSA) is 37.3 Å². The zero-order valence-electron chi connectivity index (χ0n) is 13.9. The van der Waals surface area contributed by atoms with E-state index in [1.54, 1.807) is 0 Å². The Morgan fingerprint density at radius 3 is 1.90 bits per heavy atom. The van der Waals surface area contributed by atoms with Gasteiger partial charge in [0.15, 0.2) is 0 Å². The fraction of sp³-hybridized carbons (Fsp3) is 0.722. The Balaban J connectivity index is 0. The zero-order chi connectivity index (χ0) is 14.9. The standard InChI is InChI=1S/C18H32O2.Zn/c1-2-3-4-5-6-7-8-9-10-11-12-13-14-15-16-17-18(19)20;/h6-7,9-10H,2-5,8,11-17H2,1H3,(H,19,20);/b7-6-,10-9-;. The molecule has 0 bridgehead atoms. The molecule has 0 aliphatic carbocycles. The van der Waals surface area contributed by atoms with Crippen molar-refractivity contribution in [2.24, 2.45) is 0 Å². The molecule has 1 N–H and O–H groups in total. The molecule has 0 unspecified atom stereocenters. The van der Waals surface area contributed by atoms with E-state index in [2.05, 4.69) is 31.2 Å². The number of allylic oxidation sites excluding steroid dienone is 4. The number of hydrogen-bond donors (Lipinski definition) is 1. The van der Waals surface area contributed by atoms with Crippen molar-refractivity contribution in [1.29, 1.82) is 0 Å². The Hall–Kier alpha value is -0.427. The van der Waals surface area contributed by atoms with Crippen LogP contribution in [0.2, 0.25) is 0 Å². The van der Waals surface area contributed by atoms with Crippen LogP contribution in [0, 0.1) is 0 Å². The van der Waals surface area contributed by atoms with Gasteiger partial charge in [-0.05, 0) is 38.5 Å². The van der Waals surface area contributed by atoms with Crippen molar-refractivity contribution >= 4 is 5.97 Å². The molecule has 0 atom stereocenters. The van der Waals surface area contributed by atoms with Gasteiger partial charge < -0.3 is 5.11 Å². The molecule has 0 heterocycles. The van der Waals surface area contributed by atoms with Crippen molar-refractivity contribution in [1.82, 2.24) is 0 Å². The summed E-state index contributed by atoms with van der Waals surface area (Å²) in [7, 11) is 0. The van der Waals surface area contributed by atoms with E-state index >= 15 is 0 Å². The van der Waals surface area contributed by atoms with Crippen LogP contribution in [0.5, 0.6) is 0 Å². The summed E-state index contributed by atoms with van der Waals surface area (Å²) in [6, 6.07) is 0. The van der Waals surface area contributed by atoms with Crippen LogP contribution in [0.1, 0.15) is 84.0 Å². The Kier molecular flexibility index (Phi) is 21.3. The van der Waals surface area contributed by atoms with Gasteiger partial charge in [-0.2, -0.15) is 0 Å². The molecule has 0 fully saturated rings. The maximum atomic E-state index is 10.3. The number of rotatable bonds is 14. The third kappa shape index (κ3) is 22.0. The van der Waals surface area contributed by atoms with E-state index in [-0.39, 0.29) is 19.5 Å². The van der Waals surface area contributed by atoms with Crippen LogP contribution in [0.15, 0.2) is 24.3 Å². The number of hydrogen-bond acceptors (Lipinski definition) is 1. The molecule has 2 nitrogen and oxygen atoms in total. The molecule has 0 radical (unpaired) electrons. The summed E-state index contributed by atoms with van der Waals surface area (Å²) in [6.07, 6.45) is 22.3. The van der Waals surface area contributed by atoms with Crippen molar-refractivity contribution < 1.29 is 29.4 Å². The van der Waals surface area contributed by atoms with Crippen LogP contribution < -0.4 is 0 Å². The fourth-order valence-corrected chi connectivity index (χ4v) is 2.09. The molecule has 0 aliphatic rings. The second kappa shape index (κ2) is 19.6. The molecule has 0 aliphatic heterocycles. The molecule has 0 saturated heterocycles. The molecule has 0 aromatic rings. The molecule has 0 saturated carbocycles. The number of carboxylic acid groups (broad SMARTS) is 1. The molecule has 21 heavy (non-hydrogen) atoms. The number of unbranched alkanes of at least 4 members (excludes halogenated alkanes) is 8. The van der Waals surface area contributed by atoms with Crippen LogP contribution >= 0.6 is 0 Å². The molecule has 0 rings (SSSR count). The van der Waals surface area contributed by atoms with Crippen LogP contribution in [0.4, 0.5) is 0 Å². The van der Waals surface area contributed by atoms with Crippen molar-refractivity contribution in [2.45, 2.75) is 84.0 Å². The Morgan fingerprint density at radius 1 is 0.810 bits per heavy atom. The first-order valence-electron chi connectivity index (χ1n) is 8.29. The Morgan fingerprint density at radius 2 is 1.33 bits per heavy atom. The van der Waals surface area contributed by atoms with Gasteiger partial charge >= 0.3 is 5.97 Å². The van der Waals surface area contributed by atoms with E-state index < -0.39 is 5.97 Å². The Bertz CT molecular complexity index is 272. The minimum Gasteiger partial charge on any atom is -0.481 e. The molecule has 0 amide bonds. The van der Waals surface area contributed by atoms with Crippen molar-refractivity contribution in [3.05, 3.63) is 24.3 Å². The van der Waals surface area contributed by atoms with E-state index in [1.807, 2.05) is 0 Å². The van der Waals surface area contributed by atoms with E-state index in [0.717, 1.165) is 25.7 Å². The second-order valence-corrected chi connectivity index (χ2v) is 5.37. The molecule has 3 heteroatoms. The maximum absolute atomic E-state index is 10.3. The van der Waals surface area contributed by atoms with E-state index in [9.17, 15) is 4.79 Å². The van der Waals surface area contributed by atoms with Crippen LogP contribution in [-0.2, 0) is 24.3 Å². The van der Waals surface area contributed by atoms with Gasteiger partial charge in [-0.1, -0.05) is 63.3 Å². The van der Waals surface area contributed by atoms with Gasteiger partial charge in [0, 0.05) is 25.9 Å². The van der Waals surface area contributed by atoms with Crippen LogP contribution in [0.3, 0.4) is 0 Å². The smallest absolute Gasteiger partial charge is 0.303 e. The first-order chi connectivity index (χ1) is 9.77. The van der Waals surface area contributed by atoms with Gasteiger partial charge in [-0.3, -0.25) is 4.79 Å². The van der Waals surface area contributed by atoms with Gasteiger partial charge in [0.05, 0.1) is 0 Å². The molecule has 0 spiro atoms. The van der Waals surface area contributed by atoms with Crippen molar-refractivity contribution in [3.8, 4) is 0 Å². The fourth-order valence-electron chi connectivity index (χ4n) is 2.09. The molecule has 118 valence electrons. The quantitative estimate of drug-likeness (QED) is 0.242. The van der Waals surface area contributed by atoms with Gasteiger partial charge in [0.2, 0.25) is 0 Å². The third-order valence-electron chi connectivity index (χ3n) is 3.34. The monoisotopic (exact) mass is 344 g/mol. The van der Waals surface area contributed by atoms with E-state index in [4.69, 9.17) is 5.11 Å². The second-order valence-electron chi connectivity index (χ2n) is 5.37. The molecule has 0 aromatic heterocycles. The SMILES string of the molecule is CCCCC/C=C\C/C=C\CCCCCCCC(=O)O.[Zn]. The largest absolute Gasteiger partial charge is 0.481 e.